The van der Waals surface area contributed by atoms with Gasteiger partial charge in [-0.25, -0.2) is 4.79 Å². The summed E-state index contributed by atoms with van der Waals surface area (Å²) in [5.41, 5.74) is -4.87. The van der Waals surface area contributed by atoms with Crippen LogP contribution in [0.5, 0.6) is 0 Å². The molecule has 0 aromatic heterocycles. The smallest absolute Gasteiger partial charge is 0.331 e. The van der Waals surface area contributed by atoms with Crippen LogP contribution in [0.3, 0.4) is 0 Å². The van der Waals surface area contributed by atoms with Gasteiger partial charge in [-0.1, -0.05) is 98.2 Å². The lowest BCUT2D eigenvalue weighted by Gasteiger charge is -2.75. The second-order valence-electron chi connectivity index (χ2n) is 27.5. The van der Waals surface area contributed by atoms with Crippen molar-refractivity contribution in [3.63, 3.8) is 0 Å². The monoisotopic (exact) mass is 1030 g/mol. The van der Waals surface area contributed by atoms with Crippen LogP contribution in [0, 0.1) is 105 Å². The third kappa shape index (κ3) is 6.23. The molecule has 2 aromatic rings. The Morgan fingerprint density at radius 1 is 0.803 bits per heavy atom. The van der Waals surface area contributed by atoms with Crippen molar-refractivity contribution in [2.75, 3.05) is 6.73 Å². The molecule has 15 rings (SSSR count). The van der Waals surface area contributed by atoms with E-state index in [-0.39, 0.29) is 66.7 Å². The highest BCUT2D eigenvalue weighted by atomic mass is 16.5. The average molecular weight is 1030 g/mol. The third-order valence-corrected chi connectivity index (χ3v) is 25.7. The first-order valence-electron chi connectivity index (χ1n) is 30.1. The lowest BCUT2D eigenvalue weighted by Crippen LogP contribution is -2.87. The minimum Gasteiger partial charge on any atom is -0.497 e. The van der Waals surface area contributed by atoms with Gasteiger partial charge < -0.3 is 39.8 Å². The van der Waals surface area contributed by atoms with Gasteiger partial charge in [-0.15, -0.1) is 0 Å². The Morgan fingerprint density at radius 3 is 2.46 bits per heavy atom. The number of nitrogens with one attached hydrogen (secondary N) is 1. The number of aliphatic hydroxyl groups excluding tert-OH is 2. The highest BCUT2D eigenvalue weighted by Crippen LogP contribution is 2.81. The number of aldehydes is 1. The Kier molecular flexibility index (Phi) is 11.3. The summed E-state index contributed by atoms with van der Waals surface area (Å²) in [6.45, 7) is -0.276. The topological polar surface area (TPSA) is 166 Å². The van der Waals surface area contributed by atoms with Gasteiger partial charge in [0.1, 0.15) is 29.7 Å². The lowest BCUT2D eigenvalue weighted by atomic mass is 9.32. The van der Waals surface area contributed by atoms with Gasteiger partial charge in [0, 0.05) is 58.6 Å². The molecule has 2 spiro atoms. The van der Waals surface area contributed by atoms with Crippen molar-refractivity contribution in [1.82, 2.24) is 5.32 Å². The number of hydrogen-bond acceptors (Lipinski definition) is 10. The van der Waals surface area contributed by atoms with E-state index < -0.39 is 69.0 Å². The van der Waals surface area contributed by atoms with Crippen molar-refractivity contribution >= 4 is 12.3 Å². The largest absolute Gasteiger partial charge is 0.497 e. The first-order valence-corrected chi connectivity index (χ1v) is 30.1. The van der Waals surface area contributed by atoms with Crippen molar-refractivity contribution in [3.05, 3.63) is 107 Å². The maximum Gasteiger partial charge on any atom is 0.331 e. The molecule has 2 aliphatic heterocycles. The molecule has 10 heteroatoms. The number of carbonyl (C=O) groups is 2. The van der Waals surface area contributed by atoms with Gasteiger partial charge in [0.05, 0.1) is 30.1 Å². The Morgan fingerprint density at radius 2 is 1.63 bits per heavy atom. The zero-order chi connectivity index (χ0) is 51.6. The number of esters is 1. The van der Waals surface area contributed by atoms with Gasteiger partial charge in [0.2, 0.25) is 0 Å². The van der Waals surface area contributed by atoms with E-state index in [0.717, 1.165) is 55.1 Å². The third-order valence-electron chi connectivity index (χ3n) is 25.7. The Hall–Kier alpha value is -4.08. The van der Waals surface area contributed by atoms with E-state index in [1.165, 1.54) is 31.2 Å². The van der Waals surface area contributed by atoms with Crippen molar-refractivity contribution in [3.8, 4) is 11.8 Å². The maximum absolute atomic E-state index is 15.6. The highest BCUT2D eigenvalue weighted by Gasteiger charge is 2.88. The van der Waals surface area contributed by atoms with Gasteiger partial charge in [-0.3, -0.25) is 5.32 Å². The first kappa shape index (κ1) is 49.0. The second-order valence-corrected chi connectivity index (χ2v) is 27.5. The van der Waals surface area contributed by atoms with Crippen LogP contribution in [0.4, 0.5) is 0 Å². The molecule has 2 heterocycles. The zero-order valence-electron chi connectivity index (χ0n) is 44.1. The fourth-order valence-corrected chi connectivity index (χ4v) is 23.3. The average Bonchev–Trinajstić information content (AvgIpc) is 4.29. The van der Waals surface area contributed by atoms with E-state index in [9.17, 15) is 25.2 Å². The second kappa shape index (κ2) is 17.5. The molecule has 4 bridgehead atoms. The summed E-state index contributed by atoms with van der Waals surface area (Å²) in [7, 11) is 0. The summed E-state index contributed by atoms with van der Waals surface area (Å²) >= 11 is 0. The van der Waals surface area contributed by atoms with Crippen molar-refractivity contribution in [2.45, 2.75) is 169 Å². The predicted octanol–water partition coefficient (Wildman–Crippen LogP) is 8.49. The van der Waals surface area contributed by atoms with Crippen LogP contribution < -0.4 is 5.32 Å². The Balaban J connectivity index is 0.917. The highest BCUT2D eigenvalue weighted by molar-refractivity contribution is 5.86. The van der Waals surface area contributed by atoms with Crippen LogP contribution in [-0.2, 0) is 25.5 Å². The molecule has 0 saturated heterocycles. The number of aliphatic hydroxyl groups is 5. The molecule has 2 aromatic carbocycles. The molecule has 0 radical (unpaired) electrons. The van der Waals surface area contributed by atoms with E-state index >= 15 is 9.90 Å². The molecule has 402 valence electrons. The summed E-state index contributed by atoms with van der Waals surface area (Å²) in [5, 5.41) is 73.0. The standard InChI is InChI=1S/C66H79NO9/c68-36-62-35-63-46(28-44-27-42(20-21-51(44)63)39-11-2-1-3-12-39)23-26-75-60(63)53-30-43-18-10-19-47(40-15-5-6-16-40)48(43)32-52(65(53,62)73)59(71)66(74)55(62)22-25-61-24-9-8-14-38-13-4-7-17-41(38)31-54(67-37-69)49-29-45(34-64(61,66)72)57(61)50-33-56(70)76-58(49)50/h1-4,7,10-13,17-18,23,26,33,36,40,42-49,51-55,57-60,67,69,71-74H,5-6,9,15-16,19-22,24-25,27-32,34-35,37H2. The van der Waals surface area contributed by atoms with Gasteiger partial charge >= 0.3 is 5.97 Å². The Labute approximate surface area is 448 Å². The Bertz CT molecular complexity index is 2830. The van der Waals surface area contributed by atoms with Crippen molar-refractivity contribution in [1.29, 1.82) is 0 Å². The summed E-state index contributed by atoms with van der Waals surface area (Å²) in [5.74, 6) is 5.57. The van der Waals surface area contributed by atoms with E-state index in [1.54, 1.807) is 6.08 Å². The fraction of sp³-hybridized carbons (Fsp3) is 0.667. The molecule has 9 saturated carbocycles. The number of carbonyl (C=O) groups excluding carboxylic acids is 2. The molecule has 6 N–H and O–H groups in total. The summed E-state index contributed by atoms with van der Waals surface area (Å²) < 4.78 is 13.6. The minimum absolute atomic E-state index is 0.0984. The SMILES string of the molecule is O=CC12CC34C(C=COC3C3CC5C=CCC(C6CCCC6)C5CC(C(O)C5(O)C1CCC16CCC#Cc7ccccc7CC(NCO)C7CC(CC15O)C6C1=CC(=O)OC17)C32O)CC1CC(c2ccccc2)CCC14. The van der Waals surface area contributed by atoms with E-state index in [0.29, 0.717) is 81.5 Å². The van der Waals surface area contributed by atoms with Crippen molar-refractivity contribution in [2.24, 2.45) is 93.2 Å². The lowest BCUT2D eigenvalue weighted by molar-refractivity contribution is -0.387. The van der Waals surface area contributed by atoms with E-state index in [1.807, 2.05) is 24.5 Å². The molecule has 23 atom stereocenters. The fourth-order valence-electron chi connectivity index (χ4n) is 23.3. The normalized spacial score (nSPS) is 51.0. The minimum atomic E-state index is -2.22. The molecule has 13 aliphatic rings. The maximum atomic E-state index is 15.6. The quantitative estimate of drug-likeness (QED) is 0.0563. The summed E-state index contributed by atoms with van der Waals surface area (Å²) in [6, 6.07) is 18.7. The van der Waals surface area contributed by atoms with Crippen molar-refractivity contribution < 1.29 is 44.6 Å². The number of ether oxygens (including phenoxy) is 2. The van der Waals surface area contributed by atoms with Crippen LogP contribution >= 0.6 is 0 Å². The zero-order valence-corrected chi connectivity index (χ0v) is 44.1. The van der Waals surface area contributed by atoms with Crippen LogP contribution in [0.15, 0.2) is 90.7 Å². The van der Waals surface area contributed by atoms with E-state index in [4.69, 9.17) is 9.47 Å². The van der Waals surface area contributed by atoms with Crippen LogP contribution in [-0.4, -0.2) is 85.7 Å². The first-order chi connectivity index (χ1) is 36.9. The van der Waals surface area contributed by atoms with Crippen LogP contribution in [0.2, 0.25) is 0 Å². The molecule has 23 unspecified atom stereocenters. The van der Waals surface area contributed by atoms with Gasteiger partial charge in [-0.05, 0) is 178 Å². The molecule has 9 fully saturated rings. The predicted molar refractivity (Wildman–Crippen MR) is 284 cm³/mol. The molecule has 11 aliphatic carbocycles. The van der Waals surface area contributed by atoms with Gasteiger partial charge in [0.25, 0.3) is 0 Å². The molecular weight excluding hydrogens is 951 g/mol. The number of fused-ring (bicyclic) bond motifs is 10. The molecule has 10 nitrogen and oxygen atoms in total. The number of allylic oxidation sites excluding steroid dienone is 3. The number of hydrogen-bond donors (Lipinski definition) is 6. The van der Waals surface area contributed by atoms with E-state index in [2.05, 4.69) is 71.8 Å². The van der Waals surface area contributed by atoms with Gasteiger partial charge in [-0.2, -0.15) is 0 Å². The van der Waals surface area contributed by atoms with Gasteiger partial charge in [0.15, 0.2) is 0 Å². The number of benzene rings is 2. The molecule has 0 amide bonds. The summed E-state index contributed by atoms with van der Waals surface area (Å²) in [6.07, 6.45) is 23.2. The number of rotatable bonds is 5. The molecular formula is C66H79NO9. The van der Waals surface area contributed by atoms with Crippen LogP contribution in [0.25, 0.3) is 0 Å². The summed E-state index contributed by atoms with van der Waals surface area (Å²) in [4.78, 5) is 29.5. The van der Waals surface area contributed by atoms with Crippen LogP contribution in [0.1, 0.15) is 138 Å². The molecule has 76 heavy (non-hydrogen) atoms.